The van der Waals surface area contributed by atoms with E-state index >= 15 is 0 Å². The van der Waals surface area contributed by atoms with Crippen molar-refractivity contribution in [1.29, 1.82) is 0 Å². The van der Waals surface area contributed by atoms with E-state index in [2.05, 4.69) is 22.3 Å². The van der Waals surface area contributed by atoms with E-state index < -0.39 is 5.91 Å². The minimum absolute atomic E-state index is 0.331. The second-order valence-corrected chi connectivity index (χ2v) is 5.29. The highest BCUT2D eigenvalue weighted by atomic mass is 16.5. The molecule has 1 aromatic heterocycles. The highest BCUT2D eigenvalue weighted by molar-refractivity contribution is 6.00. The summed E-state index contributed by atoms with van der Waals surface area (Å²) < 4.78 is 12.2. The highest BCUT2D eigenvalue weighted by Crippen LogP contribution is 2.24. The number of hydrogen-bond acceptors (Lipinski definition) is 5. The Balaban J connectivity index is 2.02. The van der Waals surface area contributed by atoms with Crippen LogP contribution < -0.4 is 20.5 Å². The van der Waals surface area contributed by atoms with E-state index in [1.54, 1.807) is 37.1 Å². The fourth-order valence-electron chi connectivity index (χ4n) is 2.57. The summed E-state index contributed by atoms with van der Waals surface area (Å²) in [5, 5.41) is 7.55. The predicted molar refractivity (Wildman–Crippen MR) is 89.4 cm³/mol. The molecule has 0 saturated carbocycles. The molecule has 1 amide bonds. The zero-order valence-corrected chi connectivity index (χ0v) is 13.5. The average Bonchev–Trinajstić information content (AvgIpc) is 2.98. The van der Waals surface area contributed by atoms with Crippen molar-refractivity contribution >= 4 is 11.7 Å². The number of carbonyl (C=O) groups is 1. The predicted octanol–water partition coefficient (Wildman–Crippen LogP) is 1.21. The third-order valence-corrected chi connectivity index (χ3v) is 3.71. The molecule has 7 nitrogen and oxygen atoms in total. The fourth-order valence-corrected chi connectivity index (χ4v) is 2.57. The summed E-state index contributed by atoms with van der Waals surface area (Å²) in [5.41, 5.74) is 6.90. The van der Waals surface area contributed by atoms with Gasteiger partial charge in [0.05, 0.1) is 14.2 Å². The van der Waals surface area contributed by atoms with Crippen LogP contribution in [-0.2, 0) is 6.54 Å². The number of nitrogens with two attached hydrogens (primary N) is 1. The monoisotopic (exact) mass is 326 g/mol. The Morgan fingerprint density at radius 3 is 2.58 bits per heavy atom. The minimum atomic E-state index is -0.543. The third kappa shape index (κ3) is 2.99. The van der Waals surface area contributed by atoms with E-state index in [1.807, 2.05) is 0 Å². The van der Waals surface area contributed by atoms with E-state index in [0.717, 1.165) is 19.5 Å². The molecule has 0 radical (unpaired) electrons. The number of fused-ring (bicyclic) bond motifs is 1. The van der Waals surface area contributed by atoms with Crippen molar-refractivity contribution in [2.45, 2.75) is 13.0 Å². The van der Waals surface area contributed by atoms with Gasteiger partial charge in [0.25, 0.3) is 5.91 Å². The molecule has 1 aromatic carbocycles. The number of nitrogens with one attached hydrogen (secondary N) is 1. The lowest BCUT2D eigenvalue weighted by Crippen LogP contribution is -2.21. The number of aromatic nitrogens is 2. The van der Waals surface area contributed by atoms with E-state index in [0.29, 0.717) is 34.1 Å². The van der Waals surface area contributed by atoms with Gasteiger partial charge in [-0.1, -0.05) is 5.92 Å². The van der Waals surface area contributed by atoms with Gasteiger partial charge in [0.15, 0.2) is 5.69 Å². The van der Waals surface area contributed by atoms with Crippen LogP contribution in [0.1, 0.15) is 28.0 Å². The van der Waals surface area contributed by atoms with E-state index in [-0.39, 0.29) is 0 Å². The maximum absolute atomic E-state index is 11.8. The molecule has 0 spiro atoms. The maximum Gasteiger partial charge on any atom is 0.255 e. The van der Waals surface area contributed by atoms with Crippen LogP contribution in [0.25, 0.3) is 0 Å². The zero-order chi connectivity index (χ0) is 17.1. The summed E-state index contributed by atoms with van der Waals surface area (Å²) >= 11 is 0. The summed E-state index contributed by atoms with van der Waals surface area (Å²) in [6, 6.07) is 5.33. The van der Waals surface area contributed by atoms with E-state index in [1.165, 1.54) is 0 Å². The normalized spacial score (nSPS) is 12.4. The molecular formula is C17H18N4O3. The molecule has 7 heteroatoms. The van der Waals surface area contributed by atoms with Gasteiger partial charge in [0.2, 0.25) is 0 Å². The van der Waals surface area contributed by atoms with Crippen LogP contribution in [0.5, 0.6) is 11.5 Å². The van der Waals surface area contributed by atoms with Gasteiger partial charge in [-0.3, -0.25) is 4.79 Å². The largest absolute Gasteiger partial charge is 0.497 e. The molecule has 2 aromatic rings. The second kappa shape index (κ2) is 6.54. The SMILES string of the molecule is COc1cc(C#Cc2nn3c(c2C(N)=O)NCCC3)cc(OC)c1. The zero-order valence-electron chi connectivity index (χ0n) is 13.5. The minimum Gasteiger partial charge on any atom is -0.497 e. The smallest absolute Gasteiger partial charge is 0.255 e. The van der Waals surface area contributed by atoms with Crippen molar-refractivity contribution < 1.29 is 14.3 Å². The number of benzene rings is 1. The van der Waals surface area contributed by atoms with Crippen LogP contribution in [0.3, 0.4) is 0 Å². The quantitative estimate of drug-likeness (QED) is 0.828. The van der Waals surface area contributed by atoms with Crippen molar-refractivity contribution in [2.24, 2.45) is 5.73 Å². The molecule has 0 fully saturated rings. The first-order chi connectivity index (χ1) is 11.6. The van der Waals surface area contributed by atoms with Crippen molar-refractivity contribution in [3.05, 3.63) is 35.0 Å². The Labute approximate surface area is 139 Å². The lowest BCUT2D eigenvalue weighted by Gasteiger charge is -2.15. The van der Waals surface area contributed by atoms with Gasteiger partial charge in [-0.2, -0.15) is 5.10 Å². The molecule has 24 heavy (non-hydrogen) atoms. The molecule has 1 aliphatic heterocycles. The lowest BCUT2D eigenvalue weighted by atomic mass is 10.1. The number of carbonyl (C=O) groups excluding carboxylic acids is 1. The molecule has 3 N–H and O–H groups in total. The van der Waals surface area contributed by atoms with Crippen LogP contribution in [0, 0.1) is 11.8 Å². The van der Waals surface area contributed by atoms with Crippen molar-refractivity contribution in [3.63, 3.8) is 0 Å². The number of anilines is 1. The summed E-state index contributed by atoms with van der Waals surface area (Å²) in [7, 11) is 3.15. The topological polar surface area (TPSA) is 91.4 Å². The summed E-state index contributed by atoms with van der Waals surface area (Å²) in [5.74, 6) is 7.30. The van der Waals surface area contributed by atoms with E-state index in [9.17, 15) is 4.79 Å². The van der Waals surface area contributed by atoms with Crippen LogP contribution in [0.2, 0.25) is 0 Å². The first kappa shape index (κ1) is 15.7. The summed E-state index contributed by atoms with van der Waals surface area (Å²) in [6.07, 6.45) is 0.937. The number of rotatable bonds is 3. The third-order valence-electron chi connectivity index (χ3n) is 3.71. The van der Waals surface area contributed by atoms with Crippen LogP contribution in [0.15, 0.2) is 18.2 Å². The molecule has 0 bridgehead atoms. The summed E-state index contributed by atoms with van der Waals surface area (Å²) in [4.78, 5) is 11.8. The molecule has 3 rings (SSSR count). The summed E-state index contributed by atoms with van der Waals surface area (Å²) in [6.45, 7) is 1.52. The van der Waals surface area contributed by atoms with Gasteiger partial charge < -0.3 is 20.5 Å². The molecule has 0 atom stereocenters. The molecular weight excluding hydrogens is 308 g/mol. The first-order valence-corrected chi connectivity index (χ1v) is 7.52. The van der Waals surface area contributed by atoms with Gasteiger partial charge in [-0.05, 0) is 24.5 Å². The van der Waals surface area contributed by atoms with Crippen molar-refractivity contribution in [3.8, 4) is 23.3 Å². The number of aryl methyl sites for hydroxylation is 1. The molecule has 2 heterocycles. The van der Waals surface area contributed by atoms with E-state index in [4.69, 9.17) is 15.2 Å². The van der Waals surface area contributed by atoms with Crippen molar-refractivity contribution in [2.75, 3.05) is 26.1 Å². The highest BCUT2D eigenvalue weighted by Gasteiger charge is 2.22. The van der Waals surface area contributed by atoms with Crippen LogP contribution in [0.4, 0.5) is 5.82 Å². The van der Waals surface area contributed by atoms with Crippen molar-refractivity contribution in [1.82, 2.24) is 9.78 Å². The standard InChI is InChI=1S/C17H18N4O3/c1-23-12-8-11(9-13(10-12)24-2)4-5-14-15(16(18)22)17-19-6-3-7-21(17)20-14/h8-10,19H,3,6-7H2,1-2H3,(H2,18,22). The molecule has 0 unspecified atom stereocenters. The number of nitrogens with zero attached hydrogens (tertiary/aromatic N) is 2. The van der Waals surface area contributed by atoms with Gasteiger partial charge >= 0.3 is 0 Å². The number of amides is 1. The molecule has 124 valence electrons. The Bertz CT molecular complexity index is 823. The van der Waals surface area contributed by atoms with Gasteiger partial charge in [-0.15, -0.1) is 0 Å². The molecule has 0 aliphatic carbocycles. The first-order valence-electron chi connectivity index (χ1n) is 7.52. The Morgan fingerprint density at radius 1 is 1.25 bits per heavy atom. The Hall–Kier alpha value is -3.14. The Kier molecular flexibility index (Phi) is 4.29. The van der Waals surface area contributed by atoms with Crippen LogP contribution in [-0.4, -0.2) is 36.5 Å². The number of ether oxygens (including phenoxy) is 2. The average molecular weight is 326 g/mol. The Morgan fingerprint density at radius 2 is 1.96 bits per heavy atom. The van der Waals surface area contributed by atoms with Crippen LogP contribution >= 0.6 is 0 Å². The lowest BCUT2D eigenvalue weighted by molar-refractivity contribution is 0.100. The van der Waals surface area contributed by atoms with Gasteiger partial charge in [0, 0.05) is 24.7 Å². The fraction of sp³-hybridized carbons (Fsp3) is 0.294. The number of hydrogen-bond donors (Lipinski definition) is 2. The second-order valence-electron chi connectivity index (χ2n) is 5.29. The number of primary amides is 1. The number of methoxy groups -OCH3 is 2. The molecule has 0 saturated heterocycles. The maximum atomic E-state index is 11.8. The molecule has 1 aliphatic rings. The van der Waals surface area contributed by atoms with Gasteiger partial charge in [-0.25, -0.2) is 4.68 Å². The van der Waals surface area contributed by atoms with Gasteiger partial charge in [0.1, 0.15) is 22.9 Å².